The lowest BCUT2D eigenvalue weighted by atomic mass is 10.5. The second-order valence-corrected chi connectivity index (χ2v) is 2.12. The van der Waals surface area contributed by atoms with Crippen LogP contribution < -0.4 is 5.56 Å². The number of hydrogen-bond acceptors (Lipinski definition) is 4. The average Bonchev–Trinajstić information content (AvgIpc) is 2.17. The first-order valence-electron chi connectivity index (χ1n) is 3.66. The minimum absolute atomic E-state index is 0.164. The predicted molar refractivity (Wildman–Crippen MR) is 49.3 cm³/mol. The molecule has 0 saturated heterocycles. The third-order valence-electron chi connectivity index (χ3n) is 0.951. The zero-order valence-electron chi connectivity index (χ0n) is 7.45. The van der Waals surface area contributed by atoms with E-state index in [9.17, 15) is 14.4 Å². The number of nitrogens with zero attached hydrogens (tertiary/aromatic N) is 1. The maximum Gasteiger partial charge on any atom is 0.328 e. The Bertz CT molecular complexity index is 376. The topological polar surface area (TPSA) is 120 Å². The molecule has 1 rings (SSSR count). The van der Waals surface area contributed by atoms with Crippen molar-refractivity contribution >= 4 is 11.9 Å². The van der Waals surface area contributed by atoms with Crippen LogP contribution in [0.15, 0.2) is 35.3 Å². The van der Waals surface area contributed by atoms with Gasteiger partial charge in [-0.2, -0.15) is 5.10 Å². The average molecular weight is 212 g/mol. The number of carboxylic acids is 2. The van der Waals surface area contributed by atoms with Crippen molar-refractivity contribution in [3.8, 4) is 0 Å². The number of aromatic nitrogens is 2. The summed E-state index contributed by atoms with van der Waals surface area (Å²) < 4.78 is 0. The molecule has 7 heteroatoms. The molecule has 7 nitrogen and oxygen atoms in total. The zero-order chi connectivity index (χ0) is 11.7. The van der Waals surface area contributed by atoms with E-state index in [1.807, 2.05) is 0 Å². The van der Waals surface area contributed by atoms with E-state index >= 15 is 0 Å². The fourth-order valence-corrected chi connectivity index (χ4v) is 0.454. The minimum Gasteiger partial charge on any atom is -0.478 e. The molecule has 3 N–H and O–H groups in total. The van der Waals surface area contributed by atoms with Crippen LogP contribution in [0.3, 0.4) is 0 Å². The molecule has 0 saturated carbocycles. The maximum absolute atomic E-state index is 10.2. The number of rotatable bonds is 2. The molecule has 0 atom stereocenters. The smallest absolute Gasteiger partial charge is 0.328 e. The Morgan fingerprint density at radius 2 is 1.80 bits per heavy atom. The van der Waals surface area contributed by atoms with Gasteiger partial charge in [0, 0.05) is 24.4 Å². The van der Waals surface area contributed by atoms with E-state index in [4.69, 9.17) is 10.2 Å². The Hall–Kier alpha value is -2.44. The van der Waals surface area contributed by atoms with Gasteiger partial charge in [-0.15, -0.1) is 0 Å². The molecule has 15 heavy (non-hydrogen) atoms. The molecular formula is C8H8N2O5. The normalized spacial score (nSPS) is 9.07. The van der Waals surface area contributed by atoms with E-state index in [0.717, 1.165) is 0 Å². The van der Waals surface area contributed by atoms with Crippen molar-refractivity contribution in [3.63, 3.8) is 0 Å². The van der Waals surface area contributed by atoms with E-state index in [-0.39, 0.29) is 5.56 Å². The standard InChI is InChI=1S/C4H4N2O.C4H4O4/c7-4-2-1-3-5-6-4;5-3(6)1-2-4(7)8/h1-3H,(H,6,7);1-2H,(H,5,6)(H,7,8). The van der Waals surface area contributed by atoms with Gasteiger partial charge in [0.15, 0.2) is 0 Å². The fraction of sp³-hybridized carbons (Fsp3) is 0. The van der Waals surface area contributed by atoms with Crippen molar-refractivity contribution in [2.24, 2.45) is 0 Å². The Kier molecular flexibility index (Phi) is 5.87. The quantitative estimate of drug-likeness (QED) is 0.567. The number of nitrogens with one attached hydrogen (secondary N) is 1. The fourth-order valence-electron chi connectivity index (χ4n) is 0.454. The molecule has 0 bridgehead atoms. The van der Waals surface area contributed by atoms with Crippen LogP contribution in [0.4, 0.5) is 0 Å². The summed E-state index contributed by atoms with van der Waals surface area (Å²) in [5, 5.41) is 21.3. The maximum atomic E-state index is 10.2. The first-order chi connectivity index (χ1) is 7.02. The van der Waals surface area contributed by atoms with Gasteiger partial charge >= 0.3 is 11.9 Å². The van der Waals surface area contributed by atoms with E-state index in [2.05, 4.69) is 10.2 Å². The molecule has 0 aliphatic heterocycles. The Morgan fingerprint density at radius 3 is 2.00 bits per heavy atom. The third kappa shape index (κ3) is 9.47. The molecule has 0 fully saturated rings. The number of hydrogen-bond donors (Lipinski definition) is 3. The SMILES string of the molecule is O=C(O)C=CC(=O)O.O=c1cccn[nH]1. The second kappa shape index (κ2) is 7.01. The van der Waals surface area contributed by atoms with Gasteiger partial charge in [-0.3, -0.25) is 4.79 Å². The molecular weight excluding hydrogens is 204 g/mol. The van der Waals surface area contributed by atoms with Crippen molar-refractivity contribution in [1.29, 1.82) is 0 Å². The predicted octanol–water partition coefficient (Wildman–Crippen LogP) is -0.518. The number of aliphatic carboxylic acids is 2. The molecule has 1 heterocycles. The largest absolute Gasteiger partial charge is 0.478 e. The Morgan fingerprint density at radius 1 is 1.27 bits per heavy atom. The van der Waals surface area contributed by atoms with Crippen LogP contribution in [-0.2, 0) is 9.59 Å². The van der Waals surface area contributed by atoms with Gasteiger partial charge in [-0.05, 0) is 6.07 Å². The second-order valence-electron chi connectivity index (χ2n) is 2.12. The molecule has 0 radical (unpaired) electrons. The number of aromatic amines is 1. The molecule has 1 aromatic heterocycles. The van der Waals surface area contributed by atoms with Crippen LogP contribution in [0.1, 0.15) is 0 Å². The van der Waals surface area contributed by atoms with Crippen LogP contribution in [0, 0.1) is 0 Å². The molecule has 0 unspecified atom stereocenters. The van der Waals surface area contributed by atoms with Crippen molar-refractivity contribution in [2.45, 2.75) is 0 Å². The zero-order valence-corrected chi connectivity index (χ0v) is 7.45. The summed E-state index contributed by atoms with van der Waals surface area (Å²) in [4.78, 5) is 29.3. The summed E-state index contributed by atoms with van der Waals surface area (Å²) in [6.45, 7) is 0. The van der Waals surface area contributed by atoms with E-state index in [0.29, 0.717) is 12.2 Å². The number of H-pyrrole nitrogens is 1. The van der Waals surface area contributed by atoms with Crippen LogP contribution in [-0.4, -0.2) is 32.3 Å². The van der Waals surface area contributed by atoms with E-state index in [1.165, 1.54) is 12.3 Å². The summed E-state index contributed by atoms with van der Waals surface area (Å²) in [7, 11) is 0. The Balaban J connectivity index is 0.000000262. The van der Waals surface area contributed by atoms with Crippen molar-refractivity contribution in [1.82, 2.24) is 10.2 Å². The van der Waals surface area contributed by atoms with Gasteiger partial charge in [-0.1, -0.05) is 0 Å². The van der Waals surface area contributed by atoms with Crippen molar-refractivity contribution in [2.75, 3.05) is 0 Å². The van der Waals surface area contributed by atoms with Gasteiger partial charge < -0.3 is 10.2 Å². The monoisotopic (exact) mass is 212 g/mol. The lowest BCUT2D eigenvalue weighted by Gasteiger charge is -1.74. The molecule has 80 valence electrons. The summed E-state index contributed by atoms with van der Waals surface area (Å²) in [6.07, 6.45) is 2.63. The van der Waals surface area contributed by atoms with Gasteiger partial charge in [0.05, 0.1) is 0 Å². The molecule has 0 amide bonds. The summed E-state index contributed by atoms with van der Waals surface area (Å²) >= 11 is 0. The third-order valence-corrected chi connectivity index (χ3v) is 0.951. The lowest BCUT2D eigenvalue weighted by Crippen LogP contribution is -2.02. The van der Waals surface area contributed by atoms with Crippen LogP contribution >= 0.6 is 0 Å². The summed E-state index contributed by atoms with van der Waals surface area (Å²) in [5.41, 5.74) is -0.164. The highest BCUT2D eigenvalue weighted by Crippen LogP contribution is 1.70. The highest BCUT2D eigenvalue weighted by atomic mass is 16.4. The van der Waals surface area contributed by atoms with Crippen LogP contribution in [0.5, 0.6) is 0 Å². The first kappa shape index (κ1) is 12.6. The van der Waals surface area contributed by atoms with Crippen molar-refractivity contribution in [3.05, 3.63) is 40.8 Å². The van der Waals surface area contributed by atoms with Crippen LogP contribution in [0.2, 0.25) is 0 Å². The summed E-state index contributed by atoms with van der Waals surface area (Å²) in [5.74, 6) is -2.51. The first-order valence-corrected chi connectivity index (χ1v) is 3.66. The summed E-state index contributed by atoms with van der Waals surface area (Å²) in [6, 6.07) is 2.99. The van der Waals surface area contributed by atoms with E-state index in [1.54, 1.807) is 6.07 Å². The highest BCUT2D eigenvalue weighted by molar-refractivity contribution is 5.89. The van der Waals surface area contributed by atoms with Gasteiger partial charge in [0.1, 0.15) is 0 Å². The van der Waals surface area contributed by atoms with Crippen molar-refractivity contribution < 1.29 is 19.8 Å². The minimum atomic E-state index is -1.26. The molecule has 0 aromatic carbocycles. The Labute approximate surface area is 83.7 Å². The van der Waals surface area contributed by atoms with Crippen LogP contribution in [0.25, 0.3) is 0 Å². The molecule has 1 aromatic rings. The van der Waals surface area contributed by atoms with E-state index < -0.39 is 11.9 Å². The number of carbonyl (C=O) groups is 2. The molecule has 0 spiro atoms. The molecule has 0 aliphatic rings. The van der Waals surface area contributed by atoms with Gasteiger partial charge in [-0.25, -0.2) is 14.7 Å². The lowest BCUT2D eigenvalue weighted by molar-refractivity contribution is -0.134. The highest BCUT2D eigenvalue weighted by Gasteiger charge is 1.88. The van der Waals surface area contributed by atoms with Gasteiger partial charge in [0.25, 0.3) is 5.56 Å². The number of carboxylic acid groups (broad SMARTS) is 2. The molecule has 0 aliphatic carbocycles. The van der Waals surface area contributed by atoms with Gasteiger partial charge in [0.2, 0.25) is 0 Å².